The first-order valence-corrected chi connectivity index (χ1v) is 8.56. The van der Waals surface area contributed by atoms with Crippen LogP contribution in [0.2, 0.25) is 0 Å². The third-order valence-electron chi connectivity index (χ3n) is 4.47. The number of amides is 2. The van der Waals surface area contributed by atoms with Crippen molar-refractivity contribution in [3.63, 3.8) is 0 Å². The molecule has 114 valence electrons. The molecule has 3 rings (SSSR count). The predicted molar refractivity (Wildman–Crippen MR) is 81.0 cm³/mol. The van der Waals surface area contributed by atoms with Gasteiger partial charge in [0.15, 0.2) is 0 Å². The van der Waals surface area contributed by atoms with E-state index >= 15 is 0 Å². The maximum Gasteiger partial charge on any atom is 0.248 e. The van der Waals surface area contributed by atoms with Gasteiger partial charge in [-0.05, 0) is 12.8 Å². The van der Waals surface area contributed by atoms with E-state index in [0.717, 1.165) is 43.5 Å². The molecule has 1 aromatic heterocycles. The van der Waals surface area contributed by atoms with E-state index in [4.69, 9.17) is 0 Å². The molecule has 2 heterocycles. The standard InChI is InChI=1S/C15H21N3O2S/c19-12-4-9-18(10-5-13-16-8-11-21-13)14(20)15(17-12)6-2-1-3-7-15/h8,11H,1-7,9-10H2,(H,17,19). The van der Waals surface area contributed by atoms with Crippen molar-refractivity contribution in [1.29, 1.82) is 0 Å². The fourth-order valence-corrected chi connectivity index (χ4v) is 3.95. The van der Waals surface area contributed by atoms with Gasteiger partial charge in [-0.2, -0.15) is 0 Å². The minimum absolute atomic E-state index is 0.0157. The van der Waals surface area contributed by atoms with Crippen LogP contribution in [-0.4, -0.2) is 40.3 Å². The van der Waals surface area contributed by atoms with Crippen LogP contribution < -0.4 is 5.32 Å². The molecule has 0 bridgehead atoms. The van der Waals surface area contributed by atoms with Gasteiger partial charge >= 0.3 is 0 Å². The van der Waals surface area contributed by atoms with Crippen LogP contribution in [0.1, 0.15) is 43.5 Å². The molecule has 1 spiro atoms. The highest BCUT2D eigenvalue weighted by Crippen LogP contribution is 2.31. The molecule has 0 radical (unpaired) electrons. The topological polar surface area (TPSA) is 62.3 Å². The largest absolute Gasteiger partial charge is 0.342 e. The molecule has 0 aromatic carbocycles. The van der Waals surface area contributed by atoms with Crippen molar-refractivity contribution in [2.45, 2.75) is 50.5 Å². The lowest BCUT2D eigenvalue weighted by Crippen LogP contribution is -2.58. The number of carbonyl (C=O) groups is 2. The maximum atomic E-state index is 12.9. The number of carbonyl (C=O) groups excluding carboxylic acids is 2. The van der Waals surface area contributed by atoms with E-state index in [9.17, 15) is 9.59 Å². The van der Waals surface area contributed by atoms with E-state index in [1.165, 1.54) is 0 Å². The number of rotatable bonds is 3. The first-order valence-electron chi connectivity index (χ1n) is 7.68. The average molecular weight is 307 g/mol. The third-order valence-corrected chi connectivity index (χ3v) is 5.31. The van der Waals surface area contributed by atoms with E-state index < -0.39 is 5.54 Å². The highest BCUT2D eigenvalue weighted by atomic mass is 32.1. The Morgan fingerprint density at radius 3 is 2.81 bits per heavy atom. The number of hydrogen-bond acceptors (Lipinski definition) is 4. The van der Waals surface area contributed by atoms with Crippen LogP contribution in [0.4, 0.5) is 0 Å². The van der Waals surface area contributed by atoms with Gasteiger partial charge in [0.2, 0.25) is 11.8 Å². The van der Waals surface area contributed by atoms with Gasteiger partial charge < -0.3 is 10.2 Å². The minimum Gasteiger partial charge on any atom is -0.342 e. The number of nitrogens with one attached hydrogen (secondary N) is 1. The quantitative estimate of drug-likeness (QED) is 0.925. The Bertz CT molecular complexity index is 509. The molecule has 1 saturated carbocycles. The van der Waals surface area contributed by atoms with Crippen molar-refractivity contribution in [3.05, 3.63) is 16.6 Å². The van der Waals surface area contributed by atoms with Crippen molar-refractivity contribution in [2.24, 2.45) is 0 Å². The normalized spacial score (nSPS) is 22.2. The van der Waals surface area contributed by atoms with Crippen LogP contribution >= 0.6 is 11.3 Å². The average Bonchev–Trinajstić information content (AvgIpc) is 2.97. The van der Waals surface area contributed by atoms with E-state index in [1.54, 1.807) is 17.5 Å². The summed E-state index contributed by atoms with van der Waals surface area (Å²) in [5.41, 5.74) is -0.630. The summed E-state index contributed by atoms with van der Waals surface area (Å²) in [6.45, 7) is 1.18. The monoisotopic (exact) mass is 307 g/mol. The third kappa shape index (κ3) is 3.10. The molecule has 1 aliphatic heterocycles. The smallest absolute Gasteiger partial charge is 0.248 e. The van der Waals surface area contributed by atoms with Gasteiger partial charge in [0, 0.05) is 37.5 Å². The van der Waals surface area contributed by atoms with Crippen LogP contribution in [-0.2, 0) is 16.0 Å². The minimum atomic E-state index is -0.630. The lowest BCUT2D eigenvalue weighted by atomic mass is 9.80. The second kappa shape index (κ2) is 6.13. The summed E-state index contributed by atoms with van der Waals surface area (Å²) in [5.74, 6) is 0.131. The van der Waals surface area contributed by atoms with Crippen molar-refractivity contribution < 1.29 is 9.59 Å². The molecule has 2 fully saturated rings. The second-order valence-electron chi connectivity index (χ2n) is 5.91. The summed E-state index contributed by atoms with van der Waals surface area (Å²) in [5, 5.41) is 6.02. The van der Waals surface area contributed by atoms with Gasteiger partial charge in [-0.3, -0.25) is 9.59 Å². The maximum absolute atomic E-state index is 12.9. The molecule has 0 atom stereocenters. The Labute approximate surface area is 128 Å². The Kier molecular flexibility index (Phi) is 4.24. The Balaban J connectivity index is 1.73. The van der Waals surface area contributed by atoms with E-state index in [2.05, 4.69) is 10.3 Å². The summed E-state index contributed by atoms with van der Waals surface area (Å²) in [7, 11) is 0. The molecule has 0 unspecified atom stereocenters. The van der Waals surface area contributed by atoms with E-state index in [0.29, 0.717) is 19.5 Å². The fraction of sp³-hybridized carbons (Fsp3) is 0.667. The zero-order valence-corrected chi connectivity index (χ0v) is 13.0. The summed E-state index contributed by atoms with van der Waals surface area (Å²) in [4.78, 5) is 31.0. The Morgan fingerprint density at radius 1 is 1.29 bits per heavy atom. The van der Waals surface area contributed by atoms with Crippen molar-refractivity contribution in [1.82, 2.24) is 15.2 Å². The molecule has 2 amide bonds. The van der Waals surface area contributed by atoms with Crippen LogP contribution in [0, 0.1) is 0 Å². The second-order valence-corrected chi connectivity index (χ2v) is 6.89. The first kappa shape index (κ1) is 14.5. The van der Waals surface area contributed by atoms with Gasteiger partial charge in [-0.15, -0.1) is 11.3 Å². The molecule has 2 aliphatic rings. The molecule has 1 saturated heterocycles. The van der Waals surface area contributed by atoms with E-state index in [1.807, 2.05) is 10.3 Å². The van der Waals surface area contributed by atoms with E-state index in [-0.39, 0.29) is 11.8 Å². The van der Waals surface area contributed by atoms with Crippen LogP contribution in [0.15, 0.2) is 11.6 Å². The molecule has 1 aromatic rings. The summed E-state index contributed by atoms with van der Waals surface area (Å²) in [6.07, 6.45) is 7.73. The number of aromatic nitrogens is 1. The molecule has 21 heavy (non-hydrogen) atoms. The van der Waals surface area contributed by atoms with Crippen LogP contribution in [0.3, 0.4) is 0 Å². The molecule has 1 aliphatic carbocycles. The molecular formula is C15H21N3O2S. The molecular weight excluding hydrogens is 286 g/mol. The Morgan fingerprint density at radius 2 is 2.10 bits per heavy atom. The van der Waals surface area contributed by atoms with Gasteiger partial charge in [0.25, 0.3) is 0 Å². The van der Waals surface area contributed by atoms with Crippen molar-refractivity contribution in [3.8, 4) is 0 Å². The molecule has 6 heteroatoms. The van der Waals surface area contributed by atoms with Gasteiger partial charge in [0.1, 0.15) is 5.54 Å². The van der Waals surface area contributed by atoms with Gasteiger partial charge in [-0.1, -0.05) is 19.3 Å². The Hall–Kier alpha value is -1.43. The van der Waals surface area contributed by atoms with Crippen molar-refractivity contribution in [2.75, 3.05) is 13.1 Å². The summed E-state index contributed by atoms with van der Waals surface area (Å²) >= 11 is 1.61. The predicted octanol–water partition coefficient (Wildman–Crippen LogP) is 1.74. The fourth-order valence-electron chi connectivity index (χ4n) is 3.34. The molecule has 1 N–H and O–H groups in total. The molecule has 5 nitrogen and oxygen atoms in total. The van der Waals surface area contributed by atoms with Crippen LogP contribution in [0.25, 0.3) is 0 Å². The highest BCUT2D eigenvalue weighted by molar-refractivity contribution is 7.09. The first-order chi connectivity index (χ1) is 10.2. The number of thiazole rings is 1. The van der Waals surface area contributed by atoms with Crippen molar-refractivity contribution >= 4 is 23.2 Å². The number of hydrogen-bond donors (Lipinski definition) is 1. The zero-order chi connectivity index (χ0) is 14.7. The number of nitrogens with zero attached hydrogens (tertiary/aromatic N) is 2. The summed E-state index contributed by atoms with van der Waals surface area (Å²) in [6, 6.07) is 0. The van der Waals surface area contributed by atoms with Gasteiger partial charge in [0.05, 0.1) is 5.01 Å². The highest BCUT2D eigenvalue weighted by Gasteiger charge is 2.44. The lowest BCUT2D eigenvalue weighted by molar-refractivity contribution is -0.140. The summed E-state index contributed by atoms with van der Waals surface area (Å²) < 4.78 is 0. The van der Waals surface area contributed by atoms with Crippen LogP contribution in [0.5, 0.6) is 0 Å². The SMILES string of the molecule is O=C1CCN(CCc2nccs2)C(=O)C2(CCCCC2)N1. The lowest BCUT2D eigenvalue weighted by Gasteiger charge is -2.38. The van der Waals surface area contributed by atoms with Gasteiger partial charge in [-0.25, -0.2) is 4.98 Å². The zero-order valence-electron chi connectivity index (χ0n) is 12.1.